The Balaban J connectivity index is 2.22. The molecule has 7 nitrogen and oxygen atoms in total. The Morgan fingerprint density at radius 1 is 0.933 bits per heavy atom. The first-order valence-electron chi connectivity index (χ1n) is 10.0. The van der Waals surface area contributed by atoms with Gasteiger partial charge in [-0.1, -0.05) is 26.8 Å². The number of hydrogen-bond acceptors (Lipinski definition) is 4. The number of carbonyl (C=O) groups is 2. The van der Waals surface area contributed by atoms with Gasteiger partial charge in [0.2, 0.25) is 10.0 Å². The van der Waals surface area contributed by atoms with Gasteiger partial charge in [-0.15, -0.1) is 0 Å². The summed E-state index contributed by atoms with van der Waals surface area (Å²) in [5.74, 6) is -0.577. The highest BCUT2D eigenvalue weighted by atomic mass is 32.2. The molecule has 2 amide bonds. The van der Waals surface area contributed by atoms with Crippen molar-refractivity contribution in [2.75, 3.05) is 25.0 Å². The first kappa shape index (κ1) is 23.6. The number of anilines is 1. The van der Waals surface area contributed by atoms with Gasteiger partial charge >= 0.3 is 0 Å². The molecule has 2 aromatic rings. The monoisotopic (exact) mass is 431 g/mol. The average molecular weight is 432 g/mol. The molecule has 8 heteroatoms. The Hall–Kier alpha value is -2.71. The molecule has 162 valence electrons. The van der Waals surface area contributed by atoms with E-state index in [1.54, 1.807) is 51.1 Å². The SMILES string of the molecule is CCCNC(=O)c1ccc(NC(=O)c2cc(S(=O)(=O)N(CC)CC)ccc2C)cc1. The fraction of sp³-hybridized carbons (Fsp3) is 0.364. The molecule has 30 heavy (non-hydrogen) atoms. The van der Waals surface area contributed by atoms with E-state index >= 15 is 0 Å². The van der Waals surface area contributed by atoms with Crippen LogP contribution in [0.25, 0.3) is 0 Å². The minimum atomic E-state index is -3.66. The first-order chi connectivity index (χ1) is 14.2. The molecule has 0 atom stereocenters. The van der Waals surface area contributed by atoms with Gasteiger partial charge < -0.3 is 10.6 Å². The van der Waals surface area contributed by atoms with E-state index in [0.717, 1.165) is 6.42 Å². The van der Waals surface area contributed by atoms with Crippen molar-refractivity contribution in [3.05, 3.63) is 59.2 Å². The zero-order valence-electron chi connectivity index (χ0n) is 17.9. The van der Waals surface area contributed by atoms with Crippen LogP contribution in [0.5, 0.6) is 0 Å². The van der Waals surface area contributed by atoms with Gasteiger partial charge in [0.1, 0.15) is 0 Å². The zero-order chi connectivity index (χ0) is 22.3. The van der Waals surface area contributed by atoms with Crippen molar-refractivity contribution < 1.29 is 18.0 Å². The second-order valence-electron chi connectivity index (χ2n) is 6.85. The summed E-state index contributed by atoms with van der Waals surface area (Å²) in [6.07, 6.45) is 0.849. The summed E-state index contributed by atoms with van der Waals surface area (Å²) < 4.78 is 26.9. The normalized spacial score (nSPS) is 11.4. The third-order valence-electron chi connectivity index (χ3n) is 4.74. The predicted molar refractivity (Wildman–Crippen MR) is 118 cm³/mol. The van der Waals surface area contributed by atoms with Gasteiger partial charge in [-0.2, -0.15) is 4.31 Å². The highest BCUT2D eigenvalue weighted by molar-refractivity contribution is 7.89. The molecule has 0 aliphatic heterocycles. The standard InChI is InChI=1S/C22H29N3O4S/c1-5-14-23-21(26)17-9-11-18(12-10-17)24-22(27)20-15-19(13-8-16(20)4)30(28,29)25(6-2)7-3/h8-13,15H,5-7,14H2,1-4H3,(H,23,26)(H,24,27). The lowest BCUT2D eigenvalue weighted by Gasteiger charge is -2.19. The summed E-state index contributed by atoms with van der Waals surface area (Å²) in [5, 5.41) is 5.56. The number of aryl methyl sites for hydroxylation is 1. The first-order valence-corrected chi connectivity index (χ1v) is 11.5. The van der Waals surface area contributed by atoms with Crippen LogP contribution in [0.15, 0.2) is 47.4 Å². The van der Waals surface area contributed by atoms with Crippen LogP contribution in [0, 0.1) is 6.92 Å². The molecule has 0 radical (unpaired) electrons. The predicted octanol–water partition coefficient (Wildman–Crippen LogP) is 3.42. The van der Waals surface area contributed by atoms with Crippen molar-refractivity contribution in [1.82, 2.24) is 9.62 Å². The number of benzene rings is 2. The molecule has 0 aliphatic carbocycles. The van der Waals surface area contributed by atoms with Crippen molar-refractivity contribution in [2.45, 2.75) is 39.0 Å². The van der Waals surface area contributed by atoms with Crippen LogP contribution in [0.4, 0.5) is 5.69 Å². The summed E-state index contributed by atoms with van der Waals surface area (Å²) in [5.41, 5.74) is 1.97. The van der Waals surface area contributed by atoms with Gasteiger partial charge in [0.15, 0.2) is 0 Å². The summed E-state index contributed by atoms with van der Waals surface area (Å²) in [6.45, 7) is 8.58. The summed E-state index contributed by atoms with van der Waals surface area (Å²) in [7, 11) is -3.66. The van der Waals surface area contributed by atoms with Crippen molar-refractivity contribution in [1.29, 1.82) is 0 Å². The minimum absolute atomic E-state index is 0.0879. The number of rotatable bonds is 9. The van der Waals surface area contributed by atoms with E-state index < -0.39 is 15.9 Å². The number of nitrogens with one attached hydrogen (secondary N) is 2. The number of carbonyl (C=O) groups excluding carboxylic acids is 2. The number of nitrogens with zero attached hydrogens (tertiary/aromatic N) is 1. The molecule has 0 saturated heterocycles. The summed E-state index contributed by atoms with van der Waals surface area (Å²) in [6, 6.07) is 11.1. The topological polar surface area (TPSA) is 95.6 Å². The molecule has 2 rings (SSSR count). The molecular formula is C22H29N3O4S. The van der Waals surface area contributed by atoms with Crippen LogP contribution in [0.1, 0.15) is 53.5 Å². The van der Waals surface area contributed by atoms with Crippen LogP contribution in [-0.4, -0.2) is 44.2 Å². The van der Waals surface area contributed by atoms with E-state index in [1.807, 2.05) is 6.92 Å². The Labute approximate surface area is 178 Å². The lowest BCUT2D eigenvalue weighted by Crippen LogP contribution is -2.30. The second-order valence-corrected chi connectivity index (χ2v) is 8.79. The molecular weight excluding hydrogens is 402 g/mol. The van der Waals surface area contributed by atoms with E-state index in [0.29, 0.717) is 36.4 Å². The molecule has 0 aliphatic rings. The molecule has 0 unspecified atom stereocenters. The maximum absolute atomic E-state index is 12.8. The quantitative estimate of drug-likeness (QED) is 0.636. The molecule has 0 saturated carbocycles. The van der Waals surface area contributed by atoms with Crippen LogP contribution in [-0.2, 0) is 10.0 Å². The lowest BCUT2D eigenvalue weighted by molar-refractivity contribution is 0.0953. The van der Waals surface area contributed by atoms with Gasteiger partial charge in [-0.25, -0.2) is 8.42 Å². The van der Waals surface area contributed by atoms with E-state index in [9.17, 15) is 18.0 Å². The molecule has 0 heterocycles. The molecule has 0 fully saturated rings. The Morgan fingerprint density at radius 2 is 1.57 bits per heavy atom. The van der Waals surface area contributed by atoms with Gasteiger partial charge in [-0.05, 0) is 55.3 Å². The van der Waals surface area contributed by atoms with Gasteiger partial charge in [0.25, 0.3) is 11.8 Å². The third-order valence-corrected chi connectivity index (χ3v) is 6.78. The van der Waals surface area contributed by atoms with E-state index in [-0.39, 0.29) is 16.4 Å². The fourth-order valence-electron chi connectivity index (χ4n) is 2.96. The van der Waals surface area contributed by atoms with Crippen LogP contribution in [0.2, 0.25) is 0 Å². The lowest BCUT2D eigenvalue weighted by atomic mass is 10.1. The number of hydrogen-bond donors (Lipinski definition) is 2. The fourth-order valence-corrected chi connectivity index (χ4v) is 4.45. The Bertz CT molecular complexity index is 998. The molecule has 2 aromatic carbocycles. The summed E-state index contributed by atoms with van der Waals surface area (Å²) >= 11 is 0. The maximum Gasteiger partial charge on any atom is 0.255 e. The second kappa shape index (κ2) is 10.4. The van der Waals surface area contributed by atoms with E-state index in [2.05, 4.69) is 10.6 Å². The largest absolute Gasteiger partial charge is 0.352 e. The Morgan fingerprint density at radius 3 is 2.13 bits per heavy atom. The smallest absolute Gasteiger partial charge is 0.255 e. The van der Waals surface area contributed by atoms with Gasteiger partial charge in [0, 0.05) is 36.4 Å². The van der Waals surface area contributed by atoms with Crippen molar-refractivity contribution in [3.63, 3.8) is 0 Å². The molecule has 0 spiro atoms. The van der Waals surface area contributed by atoms with E-state index in [1.165, 1.54) is 16.4 Å². The number of amides is 2. The van der Waals surface area contributed by atoms with Gasteiger partial charge in [0.05, 0.1) is 4.90 Å². The van der Waals surface area contributed by atoms with Gasteiger partial charge in [-0.3, -0.25) is 9.59 Å². The van der Waals surface area contributed by atoms with E-state index in [4.69, 9.17) is 0 Å². The van der Waals surface area contributed by atoms with Crippen molar-refractivity contribution in [3.8, 4) is 0 Å². The highest BCUT2D eigenvalue weighted by Crippen LogP contribution is 2.21. The molecule has 2 N–H and O–H groups in total. The van der Waals surface area contributed by atoms with Crippen molar-refractivity contribution in [2.24, 2.45) is 0 Å². The highest BCUT2D eigenvalue weighted by Gasteiger charge is 2.23. The third kappa shape index (κ3) is 5.46. The maximum atomic E-state index is 12.8. The molecule has 0 aromatic heterocycles. The molecule has 0 bridgehead atoms. The van der Waals surface area contributed by atoms with Crippen LogP contribution < -0.4 is 10.6 Å². The Kier molecular flexibility index (Phi) is 8.14. The zero-order valence-corrected chi connectivity index (χ0v) is 18.7. The van der Waals surface area contributed by atoms with Crippen LogP contribution in [0.3, 0.4) is 0 Å². The average Bonchev–Trinajstić information content (AvgIpc) is 2.73. The van der Waals surface area contributed by atoms with Crippen LogP contribution >= 0.6 is 0 Å². The minimum Gasteiger partial charge on any atom is -0.352 e. The summed E-state index contributed by atoms with van der Waals surface area (Å²) in [4.78, 5) is 24.9. The number of sulfonamides is 1. The van der Waals surface area contributed by atoms with Crippen molar-refractivity contribution >= 4 is 27.5 Å².